The van der Waals surface area contributed by atoms with E-state index in [0.717, 1.165) is 10.4 Å². The summed E-state index contributed by atoms with van der Waals surface area (Å²) < 4.78 is 38.2. The van der Waals surface area contributed by atoms with Crippen molar-refractivity contribution in [2.24, 2.45) is 0 Å². The standard InChI is InChI=1S/C9H8BrFN2O2S/c1-13(5-4-12)16(14,15)9-6-7(10)2-3-8(9)11/h2-3,6H,5H2,1H3. The molecule has 0 N–H and O–H groups in total. The average molecular weight is 307 g/mol. The first kappa shape index (κ1) is 13.1. The number of halogens is 2. The molecule has 0 radical (unpaired) electrons. The van der Waals surface area contributed by atoms with Crippen molar-refractivity contribution >= 4 is 26.0 Å². The van der Waals surface area contributed by atoms with Crippen molar-refractivity contribution in [3.05, 3.63) is 28.5 Å². The van der Waals surface area contributed by atoms with E-state index in [9.17, 15) is 12.8 Å². The van der Waals surface area contributed by atoms with E-state index in [1.165, 1.54) is 19.2 Å². The summed E-state index contributed by atoms with van der Waals surface area (Å²) in [5.41, 5.74) is 0. The number of rotatable bonds is 3. The number of nitrogens with zero attached hydrogens (tertiary/aromatic N) is 2. The van der Waals surface area contributed by atoms with Crippen LogP contribution in [0, 0.1) is 17.1 Å². The van der Waals surface area contributed by atoms with E-state index in [0.29, 0.717) is 4.47 Å². The van der Waals surface area contributed by atoms with E-state index >= 15 is 0 Å². The SMILES string of the molecule is CN(CC#N)S(=O)(=O)c1cc(Br)ccc1F. The normalized spacial score (nSPS) is 11.4. The number of hydrogen-bond donors (Lipinski definition) is 0. The monoisotopic (exact) mass is 306 g/mol. The molecule has 1 rings (SSSR count). The summed E-state index contributed by atoms with van der Waals surface area (Å²) in [6, 6.07) is 5.31. The van der Waals surface area contributed by atoms with Crippen molar-refractivity contribution in [1.82, 2.24) is 4.31 Å². The van der Waals surface area contributed by atoms with Crippen LogP contribution >= 0.6 is 15.9 Å². The lowest BCUT2D eigenvalue weighted by atomic mass is 10.3. The lowest BCUT2D eigenvalue weighted by Crippen LogP contribution is -2.28. The Morgan fingerprint density at radius 2 is 2.19 bits per heavy atom. The van der Waals surface area contributed by atoms with Crippen LogP contribution in [-0.4, -0.2) is 26.3 Å². The number of sulfonamides is 1. The van der Waals surface area contributed by atoms with E-state index < -0.39 is 20.7 Å². The van der Waals surface area contributed by atoms with E-state index in [4.69, 9.17) is 5.26 Å². The molecule has 86 valence electrons. The minimum atomic E-state index is -3.95. The summed E-state index contributed by atoms with van der Waals surface area (Å²) in [4.78, 5) is -0.445. The number of hydrogen-bond acceptors (Lipinski definition) is 3. The summed E-state index contributed by atoms with van der Waals surface area (Å²) in [7, 11) is -2.73. The van der Waals surface area contributed by atoms with E-state index in [1.54, 1.807) is 6.07 Å². The fourth-order valence-corrected chi connectivity index (χ4v) is 2.69. The van der Waals surface area contributed by atoms with Gasteiger partial charge in [0.1, 0.15) is 17.3 Å². The zero-order valence-corrected chi connectivity index (χ0v) is 10.7. The van der Waals surface area contributed by atoms with Gasteiger partial charge in [-0.2, -0.15) is 9.57 Å². The lowest BCUT2D eigenvalue weighted by Gasteiger charge is -2.14. The maximum atomic E-state index is 13.4. The molecule has 0 bridgehead atoms. The molecule has 7 heteroatoms. The largest absolute Gasteiger partial charge is 0.246 e. The molecular weight excluding hydrogens is 299 g/mol. The van der Waals surface area contributed by atoms with Crippen LogP contribution in [0.2, 0.25) is 0 Å². The van der Waals surface area contributed by atoms with Gasteiger partial charge in [0.15, 0.2) is 0 Å². The molecule has 0 aliphatic heterocycles. The van der Waals surface area contributed by atoms with E-state index in [-0.39, 0.29) is 6.54 Å². The van der Waals surface area contributed by atoms with Gasteiger partial charge in [-0.3, -0.25) is 0 Å². The van der Waals surface area contributed by atoms with Crippen molar-refractivity contribution in [2.45, 2.75) is 4.90 Å². The van der Waals surface area contributed by atoms with Crippen LogP contribution in [0.15, 0.2) is 27.6 Å². The Morgan fingerprint density at radius 1 is 1.56 bits per heavy atom. The van der Waals surface area contributed by atoms with Crippen LogP contribution in [0.25, 0.3) is 0 Å². The topological polar surface area (TPSA) is 61.2 Å². The van der Waals surface area contributed by atoms with Gasteiger partial charge in [-0.25, -0.2) is 12.8 Å². The second-order valence-electron chi connectivity index (χ2n) is 2.99. The second kappa shape index (κ2) is 4.91. The molecule has 1 aromatic carbocycles. The van der Waals surface area contributed by atoms with Crippen molar-refractivity contribution < 1.29 is 12.8 Å². The molecule has 0 atom stereocenters. The van der Waals surface area contributed by atoms with Gasteiger partial charge in [-0.15, -0.1) is 0 Å². The van der Waals surface area contributed by atoms with Gasteiger partial charge in [-0.1, -0.05) is 15.9 Å². The van der Waals surface area contributed by atoms with E-state index in [1.807, 2.05) is 0 Å². The lowest BCUT2D eigenvalue weighted by molar-refractivity contribution is 0.491. The van der Waals surface area contributed by atoms with Crippen molar-refractivity contribution in [2.75, 3.05) is 13.6 Å². The Morgan fingerprint density at radius 3 is 2.75 bits per heavy atom. The molecule has 4 nitrogen and oxygen atoms in total. The molecule has 0 aromatic heterocycles. The summed E-state index contributed by atoms with van der Waals surface area (Å²) in [6.45, 7) is -0.325. The third-order valence-electron chi connectivity index (χ3n) is 1.87. The Kier molecular flexibility index (Phi) is 4.02. The van der Waals surface area contributed by atoms with Crippen LogP contribution < -0.4 is 0 Å². The zero-order valence-electron chi connectivity index (χ0n) is 8.31. The highest BCUT2D eigenvalue weighted by molar-refractivity contribution is 9.10. The fraction of sp³-hybridized carbons (Fsp3) is 0.222. The van der Waals surface area contributed by atoms with Gasteiger partial charge in [0, 0.05) is 11.5 Å². The van der Waals surface area contributed by atoms with Crippen LogP contribution in [0.5, 0.6) is 0 Å². The maximum Gasteiger partial charge on any atom is 0.246 e. The first-order chi connectivity index (χ1) is 7.39. The zero-order chi connectivity index (χ0) is 12.3. The molecule has 0 spiro atoms. The molecule has 0 saturated heterocycles. The van der Waals surface area contributed by atoms with Gasteiger partial charge in [0.25, 0.3) is 0 Å². The van der Waals surface area contributed by atoms with Crippen LogP contribution in [-0.2, 0) is 10.0 Å². The second-order valence-corrected chi connectivity index (χ2v) is 5.92. The minimum Gasteiger partial charge on any atom is -0.207 e. The molecule has 0 unspecified atom stereocenters. The average Bonchev–Trinajstić information content (AvgIpc) is 2.22. The summed E-state index contributed by atoms with van der Waals surface area (Å²) >= 11 is 3.06. The highest BCUT2D eigenvalue weighted by Gasteiger charge is 2.24. The molecule has 0 aliphatic rings. The molecule has 0 fully saturated rings. The minimum absolute atomic E-state index is 0.325. The van der Waals surface area contributed by atoms with Gasteiger partial charge in [-0.05, 0) is 18.2 Å². The van der Waals surface area contributed by atoms with Crippen LogP contribution in [0.1, 0.15) is 0 Å². The molecule has 0 aliphatic carbocycles. The highest BCUT2D eigenvalue weighted by atomic mass is 79.9. The smallest absolute Gasteiger partial charge is 0.207 e. The van der Waals surface area contributed by atoms with Crippen molar-refractivity contribution in [3.8, 4) is 6.07 Å². The van der Waals surface area contributed by atoms with Crippen LogP contribution in [0.3, 0.4) is 0 Å². The van der Waals surface area contributed by atoms with Gasteiger partial charge in [0.2, 0.25) is 10.0 Å². The first-order valence-electron chi connectivity index (χ1n) is 4.18. The summed E-state index contributed by atoms with van der Waals surface area (Å²) in [5, 5.41) is 8.41. The molecule has 0 saturated carbocycles. The quantitative estimate of drug-likeness (QED) is 0.799. The third kappa shape index (κ3) is 2.58. The maximum absolute atomic E-state index is 13.4. The van der Waals surface area contributed by atoms with E-state index in [2.05, 4.69) is 15.9 Å². The first-order valence-corrected chi connectivity index (χ1v) is 6.41. The molecule has 0 heterocycles. The molecule has 16 heavy (non-hydrogen) atoms. The number of benzene rings is 1. The summed E-state index contributed by atoms with van der Waals surface area (Å²) in [5.74, 6) is -0.840. The third-order valence-corrected chi connectivity index (χ3v) is 4.19. The Balaban J connectivity index is 3.28. The predicted molar refractivity (Wildman–Crippen MR) is 59.5 cm³/mol. The van der Waals surface area contributed by atoms with Gasteiger partial charge >= 0.3 is 0 Å². The Hall–Kier alpha value is -0.970. The summed E-state index contributed by atoms with van der Waals surface area (Å²) in [6.07, 6.45) is 0. The van der Waals surface area contributed by atoms with Gasteiger partial charge < -0.3 is 0 Å². The fourth-order valence-electron chi connectivity index (χ4n) is 1.03. The van der Waals surface area contributed by atoms with Gasteiger partial charge in [0.05, 0.1) is 6.07 Å². The Bertz CT molecular complexity index is 539. The van der Waals surface area contributed by atoms with Crippen molar-refractivity contribution in [1.29, 1.82) is 5.26 Å². The van der Waals surface area contributed by atoms with Crippen LogP contribution in [0.4, 0.5) is 4.39 Å². The molecule has 0 amide bonds. The van der Waals surface area contributed by atoms with Crippen molar-refractivity contribution in [3.63, 3.8) is 0 Å². The number of nitriles is 1. The molecule has 1 aromatic rings. The predicted octanol–water partition coefficient (Wildman–Crippen LogP) is 1.73. The highest BCUT2D eigenvalue weighted by Crippen LogP contribution is 2.22. The molecular formula is C9H8BrFN2O2S. The Labute approximate surface area is 101 Å².